The van der Waals surface area contributed by atoms with Gasteiger partial charge in [-0.25, -0.2) is 9.48 Å². The van der Waals surface area contributed by atoms with E-state index < -0.39 is 5.63 Å². The Bertz CT molecular complexity index is 1140. The summed E-state index contributed by atoms with van der Waals surface area (Å²) >= 11 is 0. The van der Waals surface area contributed by atoms with E-state index in [0.29, 0.717) is 17.9 Å². The molecular weight excluding hydrogens is 392 g/mol. The summed E-state index contributed by atoms with van der Waals surface area (Å²) in [5.74, 6) is 0.566. The van der Waals surface area contributed by atoms with Gasteiger partial charge in [0.15, 0.2) is 0 Å². The van der Waals surface area contributed by atoms with Crippen molar-refractivity contribution in [2.24, 2.45) is 0 Å². The van der Waals surface area contributed by atoms with Crippen molar-refractivity contribution in [1.82, 2.24) is 20.0 Å². The highest BCUT2D eigenvalue weighted by Gasteiger charge is 2.24. The van der Waals surface area contributed by atoms with Crippen LogP contribution in [0.2, 0.25) is 0 Å². The molecule has 7 nitrogen and oxygen atoms in total. The van der Waals surface area contributed by atoms with E-state index in [9.17, 15) is 9.59 Å². The summed E-state index contributed by atoms with van der Waals surface area (Å²) in [7, 11) is 1.69. The first-order valence-electron chi connectivity index (χ1n) is 10.6. The Labute approximate surface area is 181 Å². The molecule has 1 aliphatic rings. The van der Waals surface area contributed by atoms with E-state index in [1.807, 2.05) is 43.5 Å². The fraction of sp³-hybridized carbons (Fsp3) is 0.375. The topological polar surface area (TPSA) is 80.4 Å². The summed E-state index contributed by atoms with van der Waals surface area (Å²) in [6, 6.07) is 9.90. The molecule has 3 aromatic rings. The number of aryl methyl sites for hydroxylation is 2. The molecule has 31 heavy (non-hydrogen) atoms. The molecule has 7 heteroatoms. The molecule has 3 heterocycles. The van der Waals surface area contributed by atoms with Crippen LogP contribution in [0.25, 0.3) is 5.69 Å². The molecule has 0 saturated carbocycles. The first-order valence-corrected chi connectivity index (χ1v) is 10.6. The Morgan fingerprint density at radius 3 is 2.74 bits per heavy atom. The molecule has 1 fully saturated rings. The number of rotatable bonds is 5. The van der Waals surface area contributed by atoms with Gasteiger partial charge in [-0.2, -0.15) is 5.10 Å². The molecule has 1 saturated heterocycles. The molecule has 1 amide bonds. The van der Waals surface area contributed by atoms with Gasteiger partial charge < -0.3 is 14.6 Å². The lowest BCUT2D eigenvalue weighted by atomic mass is 9.94. The van der Waals surface area contributed by atoms with Crippen molar-refractivity contribution in [2.45, 2.75) is 39.2 Å². The highest BCUT2D eigenvalue weighted by molar-refractivity contribution is 5.94. The van der Waals surface area contributed by atoms with Crippen molar-refractivity contribution < 1.29 is 9.21 Å². The summed E-state index contributed by atoms with van der Waals surface area (Å²) in [5.41, 5.74) is 3.21. The van der Waals surface area contributed by atoms with Crippen LogP contribution in [0.3, 0.4) is 0 Å². The number of nitrogens with one attached hydrogen (secondary N) is 1. The van der Waals surface area contributed by atoms with Gasteiger partial charge >= 0.3 is 5.63 Å². The van der Waals surface area contributed by atoms with Gasteiger partial charge in [0.05, 0.1) is 11.9 Å². The average molecular weight is 421 g/mol. The maximum atomic E-state index is 13.0. The highest BCUT2D eigenvalue weighted by atomic mass is 16.4. The van der Waals surface area contributed by atoms with Crippen LogP contribution in [-0.4, -0.2) is 40.7 Å². The second-order valence-electron chi connectivity index (χ2n) is 8.31. The zero-order chi connectivity index (χ0) is 22.0. The standard InChI is InChI=1S/C24H28N4O3/c1-16-5-4-6-20(11-16)28-15-18(13-26-28)14-27(3)23(29)22-17(2)12-21(31-24(22)30)19-7-9-25-10-8-19/h4-6,11-13,15,19,25H,7-10,14H2,1-3H3. The maximum Gasteiger partial charge on any atom is 0.349 e. The first kappa shape index (κ1) is 21.1. The summed E-state index contributed by atoms with van der Waals surface area (Å²) in [5, 5.41) is 7.71. The average Bonchev–Trinajstić information content (AvgIpc) is 3.22. The maximum absolute atomic E-state index is 13.0. The van der Waals surface area contributed by atoms with Gasteiger partial charge in [-0.05, 0) is 69.1 Å². The van der Waals surface area contributed by atoms with E-state index in [1.165, 1.54) is 4.90 Å². The third kappa shape index (κ3) is 4.61. The molecule has 162 valence electrons. The molecule has 0 radical (unpaired) electrons. The van der Waals surface area contributed by atoms with Crippen LogP contribution >= 0.6 is 0 Å². The minimum atomic E-state index is -0.555. The van der Waals surface area contributed by atoms with Crippen LogP contribution in [-0.2, 0) is 6.54 Å². The van der Waals surface area contributed by atoms with Gasteiger partial charge in [0.25, 0.3) is 5.91 Å². The van der Waals surface area contributed by atoms with Gasteiger partial charge in [-0.3, -0.25) is 4.79 Å². The van der Waals surface area contributed by atoms with Crippen molar-refractivity contribution in [2.75, 3.05) is 20.1 Å². The Kier molecular flexibility index (Phi) is 6.04. The lowest BCUT2D eigenvalue weighted by molar-refractivity contribution is 0.0779. The van der Waals surface area contributed by atoms with E-state index in [0.717, 1.165) is 42.7 Å². The lowest BCUT2D eigenvalue weighted by Gasteiger charge is -2.22. The molecule has 1 N–H and O–H groups in total. The molecule has 2 aromatic heterocycles. The molecule has 4 rings (SSSR count). The second kappa shape index (κ2) is 8.89. The largest absolute Gasteiger partial charge is 0.427 e. The molecule has 1 aromatic carbocycles. The molecule has 0 atom stereocenters. The van der Waals surface area contributed by atoms with E-state index in [4.69, 9.17) is 4.42 Å². The molecule has 0 unspecified atom stereocenters. The molecular formula is C24H28N4O3. The van der Waals surface area contributed by atoms with Crippen molar-refractivity contribution in [3.05, 3.63) is 81.2 Å². The van der Waals surface area contributed by atoms with Gasteiger partial charge in [0, 0.05) is 31.3 Å². The van der Waals surface area contributed by atoms with E-state index in [2.05, 4.69) is 10.4 Å². The molecule has 1 aliphatic heterocycles. The number of benzene rings is 1. The van der Waals surface area contributed by atoms with Crippen LogP contribution in [0.5, 0.6) is 0 Å². The third-order valence-electron chi connectivity index (χ3n) is 5.79. The Hall–Kier alpha value is -3.19. The smallest absolute Gasteiger partial charge is 0.349 e. The Morgan fingerprint density at radius 1 is 1.26 bits per heavy atom. The highest BCUT2D eigenvalue weighted by Crippen LogP contribution is 2.25. The van der Waals surface area contributed by atoms with Crippen LogP contribution in [0.4, 0.5) is 0 Å². The van der Waals surface area contributed by atoms with E-state index in [1.54, 1.807) is 24.9 Å². The number of carbonyl (C=O) groups excluding carboxylic acids is 1. The number of nitrogens with zero attached hydrogens (tertiary/aromatic N) is 3. The van der Waals surface area contributed by atoms with Gasteiger partial charge in [-0.15, -0.1) is 0 Å². The van der Waals surface area contributed by atoms with E-state index >= 15 is 0 Å². The third-order valence-corrected chi connectivity index (χ3v) is 5.79. The lowest BCUT2D eigenvalue weighted by Crippen LogP contribution is -2.32. The van der Waals surface area contributed by atoms with Crippen molar-refractivity contribution in [3.63, 3.8) is 0 Å². The minimum Gasteiger partial charge on any atom is -0.427 e. The number of piperidine rings is 1. The fourth-order valence-corrected chi connectivity index (χ4v) is 4.09. The van der Waals surface area contributed by atoms with Crippen LogP contribution in [0.1, 0.15) is 51.6 Å². The fourth-order valence-electron chi connectivity index (χ4n) is 4.09. The molecule has 0 bridgehead atoms. The van der Waals surface area contributed by atoms with Gasteiger partial charge in [0.1, 0.15) is 11.3 Å². The predicted octanol–water partition coefficient (Wildman–Crippen LogP) is 3.18. The quantitative estimate of drug-likeness (QED) is 0.686. The first-order chi connectivity index (χ1) is 14.9. The van der Waals surface area contributed by atoms with Gasteiger partial charge in [-0.1, -0.05) is 12.1 Å². The summed E-state index contributed by atoms with van der Waals surface area (Å²) in [6.45, 7) is 6.00. The molecule has 0 spiro atoms. The number of amides is 1. The van der Waals surface area contributed by atoms with Crippen molar-refractivity contribution >= 4 is 5.91 Å². The number of hydrogen-bond acceptors (Lipinski definition) is 5. The number of hydrogen-bond donors (Lipinski definition) is 1. The normalized spacial score (nSPS) is 14.5. The Morgan fingerprint density at radius 2 is 2.03 bits per heavy atom. The SMILES string of the molecule is Cc1cccc(-n2cc(CN(C)C(=O)c3c(C)cc(C4CCNCC4)oc3=O)cn2)c1. The van der Waals surface area contributed by atoms with Gasteiger partial charge in [0.2, 0.25) is 0 Å². The summed E-state index contributed by atoms with van der Waals surface area (Å²) in [6.07, 6.45) is 5.50. The monoisotopic (exact) mass is 420 g/mol. The zero-order valence-corrected chi connectivity index (χ0v) is 18.2. The van der Waals surface area contributed by atoms with E-state index in [-0.39, 0.29) is 17.4 Å². The minimum absolute atomic E-state index is 0.103. The van der Waals surface area contributed by atoms with Crippen LogP contribution in [0, 0.1) is 13.8 Å². The van der Waals surface area contributed by atoms with Crippen LogP contribution < -0.4 is 10.9 Å². The number of aromatic nitrogens is 2. The molecule has 0 aliphatic carbocycles. The number of carbonyl (C=O) groups is 1. The van der Waals surface area contributed by atoms with Crippen molar-refractivity contribution in [3.8, 4) is 5.69 Å². The predicted molar refractivity (Wildman–Crippen MR) is 119 cm³/mol. The second-order valence-corrected chi connectivity index (χ2v) is 8.31. The zero-order valence-electron chi connectivity index (χ0n) is 18.2. The summed E-state index contributed by atoms with van der Waals surface area (Å²) in [4.78, 5) is 27.2. The Balaban J connectivity index is 1.50. The van der Waals surface area contributed by atoms with Crippen LogP contribution in [0.15, 0.2) is 51.9 Å². The summed E-state index contributed by atoms with van der Waals surface area (Å²) < 4.78 is 7.36. The van der Waals surface area contributed by atoms with Crippen molar-refractivity contribution in [1.29, 1.82) is 0 Å².